The minimum atomic E-state index is -0.787. The van der Waals surface area contributed by atoms with E-state index in [0.29, 0.717) is 11.6 Å². The van der Waals surface area contributed by atoms with E-state index in [1.807, 2.05) is 36.9 Å². The predicted octanol–water partition coefficient (Wildman–Crippen LogP) is 8.61. The third-order valence-corrected chi connectivity index (χ3v) is 11.8. The molecule has 1 unspecified atom stereocenters. The normalized spacial score (nSPS) is 13.7. The lowest BCUT2D eigenvalue weighted by atomic mass is 9.72. The summed E-state index contributed by atoms with van der Waals surface area (Å²) in [5.74, 6) is 1.38. The molecule has 4 nitrogen and oxygen atoms in total. The SMILES string of the molecule is CC(C)(C)c1cc(CP(C(C)(C)C)C(C)(C)C)c(C(P)(c2ncccn2)c2ncccn2)cc1C(C)(C)C. The van der Waals surface area contributed by atoms with Crippen LogP contribution in [0, 0.1) is 0 Å². The van der Waals surface area contributed by atoms with Crippen molar-refractivity contribution >= 4 is 17.2 Å². The van der Waals surface area contributed by atoms with Crippen LogP contribution in [0.5, 0.6) is 0 Å². The first-order valence-electron chi connectivity index (χ1n) is 13.6. The van der Waals surface area contributed by atoms with Gasteiger partial charge in [0.2, 0.25) is 0 Å². The smallest absolute Gasteiger partial charge is 0.150 e. The Morgan fingerprint density at radius 1 is 0.579 bits per heavy atom. The van der Waals surface area contributed by atoms with E-state index in [4.69, 9.17) is 19.9 Å². The molecule has 0 bridgehead atoms. The number of nitrogens with zero attached hydrogens (tertiary/aromatic N) is 4. The molecule has 0 amide bonds. The van der Waals surface area contributed by atoms with Gasteiger partial charge in [0.05, 0.1) is 0 Å². The van der Waals surface area contributed by atoms with Gasteiger partial charge in [0.1, 0.15) is 16.8 Å². The van der Waals surface area contributed by atoms with Crippen molar-refractivity contribution in [3.8, 4) is 0 Å². The molecule has 0 radical (unpaired) electrons. The minimum absolute atomic E-state index is 0.00183. The van der Waals surface area contributed by atoms with E-state index in [-0.39, 0.29) is 21.1 Å². The van der Waals surface area contributed by atoms with Crippen molar-refractivity contribution in [1.82, 2.24) is 19.9 Å². The lowest BCUT2D eigenvalue weighted by molar-refractivity contribution is 0.527. The van der Waals surface area contributed by atoms with E-state index in [1.54, 1.807) is 0 Å². The lowest BCUT2D eigenvalue weighted by Gasteiger charge is -2.43. The highest BCUT2D eigenvalue weighted by Gasteiger charge is 2.43. The molecule has 0 fully saturated rings. The van der Waals surface area contributed by atoms with E-state index in [0.717, 1.165) is 6.16 Å². The largest absolute Gasteiger partial charge is 0.240 e. The predicted molar refractivity (Wildman–Crippen MR) is 168 cm³/mol. The van der Waals surface area contributed by atoms with E-state index >= 15 is 0 Å². The summed E-state index contributed by atoms with van der Waals surface area (Å²) in [6.07, 6.45) is 8.26. The summed E-state index contributed by atoms with van der Waals surface area (Å²) in [4.78, 5) is 19.1. The van der Waals surface area contributed by atoms with E-state index in [9.17, 15) is 0 Å². The molecule has 3 rings (SSSR count). The second-order valence-electron chi connectivity index (χ2n) is 14.4. The van der Waals surface area contributed by atoms with Crippen LogP contribution in [0.4, 0.5) is 0 Å². The number of aromatic nitrogens is 4. The van der Waals surface area contributed by atoms with Crippen molar-refractivity contribution < 1.29 is 0 Å². The highest BCUT2D eigenvalue weighted by molar-refractivity contribution is 7.60. The Bertz CT molecular complexity index is 1180. The van der Waals surface area contributed by atoms with Crippen molar-refractivity contribution in [2.24, 2.45) is 0 Å². The molecule has 0 N–H and O–H groups in total. The van der Waals surface area contributed by atoms with Crippen molar-refractivity contribution in [3.63, 3.8) is 0 Å². The lowest BCUT2D eigenvalue weighted by Crippen LogP contribution is -2.32. The summed E-state index contributed by atoms with van der Waals surface area (Å²) < 4.78 is 0. The topological polar surface area (TPSA) is 51.6 Å². The van der Waals surface area contributed by atoms with Crippen LogP contribution < -0.4 is 0 Å². The summed E-state index contributed by atoms with van der Waals surface area (Å²) >= 11 is 0. The van der Waals surface area contributed by atoms with Gasteiger partial charge in [0.15, 0.2) is 0 Å². The van der Waals surface area contributed by atoms with Crippen LogP contribution in [-0.4, -0.2) is 30.2 Å². The van der Waals surface area contributed by atoms with E-state index < -0.39 is 13.1 Å². The number of benzene rings is 1. The maximum absolute atomic E-state index is 4.78. The Labute approximate surface area is 235 Å². The molecule has 1 atom stereocenters. The van der Waals surface area contributed by atoms with Crippen LogP contribution in [-0.2, 0) is 22.1 Å². The first-order chi connectivity index (χ1) is 17.3. The van der Waals surface area contributed by atoms with Crippen LogP contribution in [0.1, 0.15) is 117 Å². The molecule has 0 saturated carbocycles. The third-order valence-electron chi connectivity index (χ3n) is 7.07. The second-order valence-corrected chi connectivity index (χ2v) is 19.2. The average Bonchev–Trinajstić information content (AvgIpc) is 2.80. The van der Waals surface area contributed by atoms with Crippen LogP contribution in [0.2, 0.25) is 0 Å². The molecular formula is C32H48N4P2. The summed E-state index contributed by atoms with van der Waals surface area (Å²) in [5.41, 5.74) is 5.22. The van der Waals surface area contributed by atoms with Crippen LogP contribution in [0.25, 0.3) is 0 Å². The third kappa shape index (κ3) is 6.51. The zero-order chi connectivity index (χ0) is 28.7. The van der Waals surface area contributed by atoms with Gasteiger partial charge in [-0.25, -0.2) is 19.9 Å². The van der Waals surface area contributed by atoms with Crippen molar-refractivity contribution in [1.29, 1.82) is 0 Å². The molecule has 2 heterocycles. The van der Waals surface area contributed by atoms with Gasteiger partial charge < -0.3 is 0 Å². The monoisotopic (exact) mass is 550 g/mol. The molecule has 1 aromatic carbocycles. The number of hydrogen-bond acceptors (Lipinski definition) is 4. The molecule has 3 aromatic rings. The first-order valence-corrected chi connectivity index (χ1v) is 15.7. The Morgan fingerprint density at radius 3 is 1.29 bits per heavy atom. The summed E-state index contributed by atoms with van der Waals surface area (Å²) in [6, 6.07) is 8.65. The van der Waals surface area contributed by atoms with Gasteiger partial charge in [-0.15, -0.1) is 9.24 Å². The highest BCUT2D eigenvalue weighted by atomic mass is 31.1. The zero-order valence-corrected chi connectivity index (χ0v) is 27.7. The molecule has 0 saturated heterocycles. The van der Waals surface area contributed by atoms with Gasteiger partial charge >= 0.3 is 0 Å². The molecule has 38 heavy (non-hydrogen) atoms. The Balaban J connectivity index is 2.50. The fraction of sp³-hybridized carbons (Fsp3) is 0.562. The molecule has 0 aliphatic rings. The zero-order valence-electron chi connectivity index (χ0n) is 25.6. The van der Waals surface area contributed by atoms with Gasteiger partial charge in [-0.05, 0) is 61.7 Å². The standard InChI is InChI=1S/C32H48N4P2/c1-28(2,3)24-19-22(21-38(30(7,8)9)31(10,11)12)23(20-25(24)29(4,5)6)32(37,26-33-15-13-16-34-26)27-35-17-14-18-36-27/h13-20H,21,37H2,1-12H3. The highest BCUT2D eigenvalue weighted by Crippen LogP contribution is 2.62. The van der Waals surface area contributed by atoms with Crippen molar-refractivity contribution in [2.45, 2.75) is 116 Å². The summed E-state index contributed by atoms with van der Waals surface area (Å²) in [6.45, 7) is 28.3. The van der Waals surface area contributed by atoms with Gasteiger partial charge in [-0.2, -0.15) is 0 Å². The van der Waals surface area contributed by atoms with E-state index in [2.05, 4.69) is 104 Å². The average molecular weight is 551 g/mol. The fourth-order valence-electron chi connectivity index (χ4n) is 5.38. The van der Waals surface area contributed by atoms with Crippen LogP contribution >= 0.6 is 17.2 Å². The Kier molecular flexibility index (Phi) is 8.64. The maximum Gasteiger partial charge on any atom is 0.150 e. The molecule has 0 spiro atoms. The Hall–Kier alpha value is -1.76. The number of hydrogen-bond donors (Lipinski definition) is 0. The minimum Gasteiger partial charge on any atom is -0.240 e. The molecule has 6 heteroatoms. The van der Waals surface area contributed by atoms with Gasteiger partial charge in [-0.3, -0.25) is 0 Å². The van der Waals surface area contributed by atoms with Crippen LogP contribution in [0.15, 0.2) is 49.1 Å². The maximum atomic E-state index is 4.78. The van der Waals surface area contributed by atoms with E-state index in [1.165, 1.54) is 22.3 Å². The van der Waals surface area contributed by atoms with Crippen molar-refractivity contribution in [2.75, 3.05) is 0 Å². The fourth-order valence-corrected chi connectivity index (χ4v) is 9.51. The molecular weight excluding hydrogens is 502 g/mol. The van der Waals surface area contributed by atoms with Gasteiger partial charge in [-0.1, -0.05) is 103 Å². The molecule has 0 aliphatic carbocycles. The van der Waals surface area contributed by atoms with Crippen molar-refractivity contribution in [3.05, 3.63) is 83.0 Å². The quantitative estimate of drug-likeness (QED) is 0.299. The van der Waals surface area contributed by atoms with Crippen LogP contribution in [0.3, 0.4) is 0 Å². The summed E-state index contributed by atoms with van der Waals surface area (Å²) in [7, 11) is 2.69. The first kappa shape index (κ1) is 30.8. The Morgan fingerprint density at radius 2 is 0.947 bits per heavy atom. The molecule has 0 aliphatic heterocycles. The number of rotatable bonds is 5. The van der Waals surface area contributed by atoms with Gasteiger partial charge in [0.25, 0.3) is 0 Å². The second kappa shape index (κ2) is 10.7. The van der Waals surface area contributed by atoms with Gasteiger partial charge in [0, 0.05) is 24.8 Å². The summed E-state index contributed by atoms with van der Waals surface area (Å²) in [5, 5.41) is -0.415. The molecule has 2 aromatic heterocycles. The molecule has 206 valence electrons.